The van der Waals surface area contributed by atoms with Gasteiger partial charge in [-0.05, 0) is 48.9 Å². The molecule has 5 heteroatoms. The summed E-state index contributed by atoms with van der Waals surface area (Å²) in [7, 11) is 0. The maximum Gasteiger partial charge on any atom is 0.335 e. The summed E-state index contributed by atoms with van der Waals surface area (Å²) >= 11 is 0. The Morgan fingerprint density at radius 1 is 1.22 bits per heavy atom. The molecular formula is C18H15NO4. The molecule has 5 nitrogen and oxygen atoms in total. The topological polar surface area (TPSA) is 75.6 Å². The van der Waals surface area contributed by atoms with Crippen LogP contribution in [0.5, 0.6) is 5.75 Å². The minimum absolute atomic E-state index is 0.151. The molecule has 0 aromatic heterocycles. The van der Waals surface area contributed by atoms with Crippen molar-refractivity contribution in [2.75, 3.05) is 11.9 Å². The molecule has 1 heterocycles. The highest BCUT2D eigenvalue weighted by Crippen LogP contribution is 2.34. The molecule has 1 amide bonds. The summed E-state index contributed by atoms with van der Waals surface area (Å²) in [5.74, 6) is -0.497. The van der Waals surface area contributed by atoms with Crippen LogP contribution < -0.4 is 10.1 Å². The largest absolute Gasteiger partial charge is 0.494 e. The maximum absolute atomic E-state index is 12.1. The molecule has 23 heavy (non-hydrogen) atoms. The molecule has 1 aliphatic heterocycles. The summed E-state index contributed by atoms with van der Waals surface area (Å²) in [6.07, 6.45) is 1.74. The van der Waals surface area contributed by atoms with E-state index in [1.165, 1.54) is 12.1 Å². The van der Waals surface area contributed by atoms with Crippen LogP contribution >= 0.6 is 0 Å². The first-order valence-electron chi connectivity index (χ1n) is 7.22. The van der Waals surface area contributed by atoms with Crippen LogP contribution in [0.1, 0.15) is 28.4 Å². The number of rotatable bonds is 4. The molecule has 3 rings (SSSR count). The Bertz CT molecular complexity index is 806. The molecule has 0 bridgehead atoms. The Labute approximate surface area is 133 Å². The van der Waals surface area contributed by atoms with Gasteiger partial charge in [-0.25, -0.2) is 4.79 Å². The smallest absolute Gasteiger partial charge is 0.335 e. The fraction of sp³-hybridized carbons (Fsp3) is 0.111. The van der Waals surface area contributed by atoms with Gasteiger partial charge in [0, 0.05) is 16.8 Å². The van der Waals surface area contributed by atoms with Crippen LogP contribution in [0.25, 0.3) is 11.6 Å². The van der Waals surface area contributed by atoms with E-state index in [1.54, 1.807) is 12.1 Å². The number of hydrogen-bond donors (Lipinski definition) is 2. The summed E-state index contributed by atoms with van der Waals surface area (Å²) in [5, 5.41) is 11.8. The Kier molecular flexibility index (Phi) is 3.85. The number of nitrogens with one attached hydrogen (secondary N) is 1. The third-order valence-corrected chi connectivity index (χ3v) is 3.55. The van der Waals surface area contributed by atoms with Gasteiger partial charge in [-0.3, -0.25) is 4.79 Å². The Morgan fingerprint density at radius 3 is 2.61 bits per heavy atom. The quantitative estimate of drug-likeness (QED) is 0.850. The lowest BCUT2D eigenvalue weighted by Crippen LogP contribution is -2.03. The second-order valence-electron chi connectivity index (χ2n) is 5.08. The van der Waals surface area contributed by atoms with Gasteiger partial charge in [0.25, 0.3) is 5.91 Å². The van der Waals surface area contributed by atoms with Gasteiger partial charge >= 0.3 is 5.97 Å². The zero-order chi connectivity index (χ0) is 16.4. The van der Waals surface area contributed by atoms with E-state index in [4.69, 9.17) is 9.84 Å². The zero-order valence-corrected chi connectivity index (χ0v) is 12.5. The van der Waals surface area contributed by atoms with Gasteiger partial charge in [0.2, 0.25) is 0 Å². The van der Waals surface area contributed by atoms with E-state index < -0.39 is 5.97 Å². The zero-order valence-electron chi connectivity index (χ0n) is 12.5. The molecule has 2 aromatic rings. The Balaban J connectivity index is 1.98. The molecule has 0 saturated heterocycles. The standard InChI is InChI=1S/C18H15NO4/c1-2-23-13-6-3-11(4-7-13)9-15-14-10-12(18(21)22)5-8-16(14)19-17(15)20/h3-10H,2H2,1H3,(H,19,20)(H,21,22)/b15-9+. The number of hydrogen-bond acceptors (Lipinski definition) is 3. The number of ether oxygens (including phenoxy) is 1. The van der Waals surface area contributed by atoms with E-state index in [2.05, 4.69) is 5.32 Å². The van der Waals surface area contributed by atoms with Gasteiger partial charge in [-0.1, -0.05) is 12.1 Å². The fourth-order valence-electron chi connectivity index (χ4n) is 2.46. The number of carboxylic acids is 1. The first kappa shape index (κ1) is 14.8. The van der Waals surface area contributed by atoms with Crippen molar-refractivity contribution >= 4 is 29.2 Å². The van der Waals surface area contributed by atoms with E-state index in [1.807, 2.05) is 31.2 Å². The maximum atomic E-state index is 12.1. The lowest BCUT2D eigenvalue weighted by Gasteiger charge is -2.03. The number of carbonyl (C=O) groups is 2. The second kappa shape index (κ2) is 5.96. The third kappa shape index (κ3) is 2.94. The van der Waals surface area contributed by atoms with Crippen LogP contribution in [0.4, 0.5) is 5.69 Å². The van der Waals surface area contributed by atoms with Gasteiger partial charge in [0.05, 0.1) is 12.2 Å². The molecule has 0 radical (unpaired) electrons. The van der Waals surface area contributed by atoms with Crippen LogP contribution in [0.2, 0.25) is 0 Å². The van der Waals surface area contributed by atoms with Crippen molar-refractivity contribution in [2.24, 2.45) is 0 Å². The van der Waals surface area contributed by atoms with Crippen LogP contribution in [0.3, 0.4) is 0 Å². The predicted molar refractivity (Wildman–Crippen MR) is 87.5 cm³/mol. The predicted octanol–water partition coefficient (Wildman–Crippen LogP) is 3.28. The molecule has 0 unspecified atom stereocenters. The highest BCUT2D eigenvalue weighted by Gasteiger charge is 2.25. The first-order chi connectivity index (χ1) is 11.1. The van der Waals surface area contributed by atoms with Gasteiger partial charge in [-0.2, -0.15) is 0 Å². The van der Waals surface area contributed by atoms with Crippen molar-refractivity contribution < 1.29 is 19.4 Å². The van der Waals surface area contributed by atoms with Gasteiger partial charge < -0.3 is 15.2 Å². The lowest BCUT2D eigenvalue weighted by molar-refractivity contribution is -0.110. The number of amides is 1. The van der Waals surface area contributed by atoms with E-state index in [-0.39, 0.29) is 11.5 Å². The number of aromatic carboxylic acids is 1. The number of carboxylic acid groups (broad SMARTS) is 1. The summed E-state index contributed by atoms with van der Waals surface area (Å²) in [6.45, 7) is 2.50. The molecule has 116 valence electrons. The first-order valence-corrected chi connectivity index (χ1v) is 7.22. The van der Waals surface area contributed by atoms with E-state index in [0.717, 1.165) is 11.3 Å². The molecule has 0 fully saturated rings. The minimum Gasteiger partial charge on any atom is -0.494 e. The normalized spacial score (nSPS) is 14.5. The van der Waals surface area contributed by atoms with Crippen molar-refractivity contribution in [2.45, 2.75) is 6.92 Å². The Hall–Kier alpha value is -3.08. The molecule has 2 N–H and O–H groups in total. The average molecular weight is 309 g/mol. The number of anilines is 1. The van der Waals surface area contributed by atoms with E-state index >= 15 is 0 Å². The van der Waals surface area contributed by atoms with E-state index in [9.17, 15) is 9.59 Å². The highest BCUT2D eigenvalue weighted by atomic mass is 16.5. The molecule has 0 aliphatic carbocycles. The van der Waals surface area contributed by atoms with Gasteiger partial charge in [0.15, 0.2) is 0 Å². The van der Waals surface area contributed by atoms with Crippen molar-refractivity contribution in [3.8, 4) is 5.75 Å². The summed E-state index contributed by atoms with van der Waals surface area (Å²) < 4.78 is 5.39. The van der Waals surface area contributed by atoms with Gasteiger partial charge in [0.1, 0.15) is 5.75 Å². The summed E-state index contributed by atoms with van der Waals surface area (Å²) in [6, 6.07) is 12.0. The molecule has 0 atom stereocenters. The fourth-order valence-corrected chi connectivity index (χ4v) is 2.46. The monoisotopic (exact) mass is 309 g/mol. The van der Waals surface area contributed by atoms with Crippen molar-refractivity contribution in [1.82, 2.24) is 0 Å². The minimum atomic E-state index is -1.02. The summed E-state index contributed by atoms with van der Waals surface area (Å²) in [5.41, 5.74) is 2.67. The molecule has 0 saturated carbocycles. The SMILES string of the molecule is CCOc1ccc(/C=C2/C(=O)Nc3ccc(C(=O)O)cc32)cc1. The molecule has 0 spiro atoms. The third-order valence-electron chi connectivity index (χ3n) is 3.55. The van der Waals surface area contributed by atoms with Crippen LogP contribution in [0.15, 0.2) is 42.5 Å². The van der Waals surface area contributed by atoms with Crippen molar-refractivity contribution in [3.05, 3.63) is 59.2 Å². The average Bonchev–Trinajstić information content (AvgIpc) is 2.84. The van der Waals surface area contributed by atoms with Crippen LogP contribution in [0, 0.1) is 0 Å². The van der Waals surface area contributed by atoms with Gasteiger partial charge in [-0.15, -0.1) is 0 Å². The Morgan fingerprint density at radius 2 is 1.96 bits per heavy atom. The number of benzene rings is 2. The van der Waals surface area contributed by atoms with Crippen LogP contribution in [-0.4, -0.2) is 23.6 Å². The van der Waals surface area contributed by atoms with E-state index in [0.29, 0.717) is 23.4 Å². The number of carbonyl (C=O) groups excluding carboxylic acids is 1. The summed E-state index contributed by atoms with van der Waals surface area (Å²) in [4.78, 5) is 23.2. The number of fused-ring (bicyclic) bond motifs is 1. The second-order valence-corrected chi connectivity index (χ2v) is 5.08. The highest BCUT2D eigenvalue weighted by molar-refractivity contribution is 6.35. The molecule has 2 aromatic carbocycles. The molecular weight excluding hydrogens is 294 g/mol. The lowest BCUT2D eigenvalue weighted by atomic mass is 10.0. The van der Waals surface area contributed by atoms with Crippen molar-refractivity contribution in [3.63, 3.8) is 0 Å². The molecule has 1 aliphatic rings. The van der Waals surface area contributed by atoms with Crippen LogP contribution in [-0.2, 0) is 4.79 Å². The van der Waals surface area contributed by atoms with Crippen molar-refractivity contribution in [1.29, 1.82) is 0 Å².